The fourth-order valence-electron chi connectivity index (χ4n) is 2.53. The van der Waals surface area contributed by atoms with Gasteiger partial charge < -0.3 is 4.98 Å². The predicted octanol–water partition coefficient (Wildman–Crippen LogP) is 4.40. The van der Waals surface area contributed by atoms with Gasteiger partial charge in [-0.25, -0.2) is 4.39 Å². The Morgan fingerprint density at radius 3 is 2.55 bits per heavy atom. The van der Waals surface area contributed by atoms with Crippen LogP contribution in [-0.4, -0.2) is 11.3 Å². The topological polar surface area (TPSA) is 32.9 Å². The monoisotopic (exact) mass is 267 g/mol. The summed E-state index contributed by atoms with van der Waals surface area (Å²) >= 11 is 0. The van der Waals surface area contributed by atoms with Crippen molar-refractivity contribution in [3.8, 4) is 11.3 Å². The van der Waals surface area contributed by atoms with E-state index >= 15 is 0 Å². The van der Waals surface area contributed by atoms with Crippen molar-refractivity contribution < 1.29 is 9.18 Å². The highest BCUT2D eigenvalue weighted by molar-refractivity contribution is 6.05. The van der Waals surface area contributed by atoms with E-state index in [9.17, 15) is 9.18 Å². The van der Waals surface area contributed by atoms with Crippen LogP contribution in [0.25, 0.3) is 22.2 Å². The Balaban J connectivity index is 2.40. The Morgan fingerprint density at radius 2 is 1.85 bits per heavy atom. The summed E-state index contributed by atoms with van der Waals surface area (Å²) in [7, 11) is 0. The number of aryl methyl sites for hydroxylation is 2. The number of hydrogen-bond donors (Lipinski definition) is 1. The van der Waals surface area contributed by atoms with Gasteiger partial charge in [0.15, 0.2) is 6.29 Å². The molecule has 3 heteroatoms. The zero-order valence-corrected chi connectivity index (χ0v) is 11.3. The maximum Gasteiger partial charge on any atom is 0.152 e. The minimum Gasteiger partial charge on any atom is -0.354 e. The molecule has 3 rings (SSSR count). The standard InChI is InChI=1S/C17H14FNO/c1-10-7-8-12-14(9-20)17(19-16(12)11(10)2)13-5-3-4-6-15(13)18/h3-9,19H,1-2H3. The van der Waals surface area contributed by atoms with Crippen LogP contribution >= 0.6 is 0 Å². The van der Waals surface area contributed by atoms with Crippen LogP contribution in [0.3, 0.4) is 0 Å². The molecule has 0 aliphatic rings. The molecule has 1 heterocycles. The first kappa shape index (κ1) is 12.6. The van der Waals surface area contributed by atoms with E-state index in [0.717, 1.165) is 28.3 Å². The number of rotatable bonds is 2. The second-order valence-corrected chi connectivity index (χ2v) is 4.94. The SMILES string of the molecule is Cc1ccc2c(C=O)c(-c3ccccc3F)[nH]c2c1C. The molecule has 20 heavy (non-hydrogen) atoms. The molecule has 1 aromatic heterocycles. The zero-order valence-electron chi connectivity index (χ0n) is 11.3. The third-order valence-corrected chi connectivity index (χ3v) is 3.81. The van der Waals surface area contributed by atoms with E-state index in [1.54, 1.807) is 18.2 Å². The largest absolute Gasteiger partial charge is 0.354 e. The second kappa shape index (κ2) is 4.60. The van der Waals surface area contributed by atoms with E-state index in [1.165, 1.54) is 6.07 Å². The summed E-state index contributed by atoms with van der Waals surface area (Å²) in [4.78, 5) is 14.7. The average Bonchev–Trinajstić information content (AvgIpc) is 2.82. The Labute approximate surface area is 116 Å². The summed E-state index contributed by atoms with van der Waals surface area (Å²) in [5.74, 6) is -0.337. The van der Waals surface area contributed by atoms with Crippen molar-refractivity contribution in [3.63, 3.8) is 0 Å². The van der Waals surface area contributed by atoms with E-state index < -0.39 is 0 Å². The maximum absolute atomic E-state index is 14.0. The van der Waals surface area contributed by atoms with Crippen LogP contribution in [0.2, 0.25) is 0 Å². The number of benzene rings is 2. The maximum atomic E-state index is 14.0. The van der Waals surface area contributed by atoms with Crippen LogP contribution in [0.15, 0.2) is 36.4 Å². The molecule has 0 bridgehead atoms. The van der Waals surface area contributed by atoms with E-state index in [4.69, 9.17) is 0 Å². The van der Waals surface area contributed by atoms with Gasteiger partial charge in [-0.1, -0.05) is 24.3 Å². The Hall–Kier alpha value is -2.42. The van der Waals surface area contributed by atoms with Gasteiger partial charge in [-0.05, 0) is 37.1 Å². The number of halogens is 1. The smallest absolute Gasteiger partial charge is 0.152 e. The molecule has 0 unspecified atom stereocenters. The van der Waals surface area contributed by atoms with Crippen LogP contribution in [0.4, 0.5) is 4.39 Å². The van der Waals surface area contributed by atoms with Crippen LogP contribution in [0.1, 0.15) is 21.5 Å². The Bertz CT molecular complexity index is 817. The molecule has 0 aliphatic heterocycles. The molecule has 0 amide bonds. The van der Waals surface area contributed by atoms with Crippen molar-refractivity contribution in [1.82, 2.24) is 4.98 Å². The number of carbonyl (C=O) groups is 1. The minimum absolute atomic E-state index is 0.337. The van der Waals surface area contributed by atoms with E-state index in [1.807, 2.05) is 26.0 Å². The zero-order chi connectivity index (χ0) is 14.3. The number of aromatic amines is 1. The van der Waals surface area contributed by atoms with Crippen LogP contribution in [-0.2, 0) is 0 Å². The van der Waals surface area contributed by atoms with Gasteiger partial charge in [-0.15, -0.1) is 0 Å². The van der Waals surface area contributed by atoms with Crippen LogP contribution in [0.5, 0.6) is 0 Å². The van der Waals surface area contributed by atoms with Gasteiger partial charge in [0.2, 0.25) is 0 Å². The predicted molar refractivity (Wildman–Crippen MR) is 78.6 cm³/mol. The van der Waals surface area contributed by atoms with Gasteiger partial charge in [-0.2, -0.15) is 0 Å². The van der Waals surface area contributed by atoms with Crippen LogP contribution in [0, 0.1) is 19.7 Å². The quantitative estimate of drug-likeness (QED) is 0.686. The molecular weight excluding hydrogens is 253 g/mol. The van der Waals surface area contributed by atoms with Gasteiger partial charge in [0.1, 0.15) is 5.82 Å². The summed E-state index contributed by atoms with van der Waals surface area (Å²) in [6, 6.07) is 10.3. The summed E-state index contributed by atoms with van der Waals surface area (Å²) in [5.41, 5.74) is 4.58. The second-order valence-electron chi connectivity index (χ2n) is 4.94. The molecule has 0 fully saturated rings. The van der Waals surface area contributed by atoms with Crippen molar-refractivity contribution in [1.29, 1.82) is 0 Å². The molecule has 2 nitrogen and oxygen atoms in total. The molecule has 100 valence electrons. The minimum atomic E-state index is -0.337. The lowest BCUT2D eigenvalue weighted by Crippen LogP contribution is -1.88. The normalized spacial score (nSPS) is 10.9. The summed E-state index contributed by atoms with van der Waals surface area (Å²) in [5, 5.41) is 0.835. The molecule has 1 N–H and O–H groups in total. The van der Waals surface area contributed by atoms with Crippen molar-refractivity contribution in [2.24, 2.45) is 0 Å². The first-order valence-corrected chi connectivity index (χ1v) is 6.45. The number of carbonyl (C=O) groups excluding carboxylic acids is 1. The molecule has 0 atom stereocenters. The lowest BCUT2D eigenvalue weighted by Gasteiger charge is -2.01. The van der Waals surface area contributed by atoms with Crippen molar-refractivity contribution in [3.05, 3.63) is 58.9 Å². The number of fused-ring (bicyclic) bond motifs is 1. The highest BCUT2D eigenvalue weighted by atomic mass is 19.1. The summed E-state index contributed by atoms with van der Waals surface area (Å²) < 4.78 is 14.0. The molecule has 2 aromatic carbocycles. The lowest BCUT2D eigenvalue weighted by molar-refractivity contribution is 0.112. The highest BCUT2D eigenvalue weighted by Crippen LogP contribution is 2.32. The molecule has 0 radical (unpaired) electrons. The Kier molecular flexibility index (Phi) is 2.90. The number of aromatic nitrogens is 1. The number of H-pyrrole nitrogens is 1. The molecule has 0 spiro atoms. The van der Waals surface area contributed by atoms with Crippen LogP contribution < -0.4 is 0 Å². The average molecular weight is 267 g/mol. The lowest BCUT2D eigenvalue weighted by atomic mass is 10.0. The van der Waals surface area contributed by atoms with E-state index in [-0.39, 0.29) is 5.82 Å². The number of nitrogens with one attached hydrogen (secondary N) is 1. The first-order valence-electron chi connectivity index (χ1n) is 6.45. The van der Waals surface area contributed by atoms with Gasteiger partial charge in [-0.3, -0.25) is 4.79 Å². The van der Waals surface area contributed by atoms with Gasteiger partial charge in [0, 0.05) is 22.0 Å². The van der Waals surface area contributed by atoms with Crippen molar-refractivity contribution in [2.45, 2.75) is 13.8 Å². The van der Waals surface area contributed by atoms with Crippen molar-refractivity contribution >= 4 is 17.2 Å². The first-order chi connectivity index (χ1) is 9.63. The molecule has 0 aliphatic carbocycles. The summed E-state index contributed by atoms with van der Waals surface area (Å²) in [6.45, 7) is 4.01. The van der Waals surface area contributed by atoms with Gasteiger partial charge >= 0.3 is 0 Å². The third kappa shape index (κ3) is 1.74. The Morgan fingerprint density at radius 1 is 1.10 bits per heavy atom. The summed E-state index contributed by atoms with van der Waals surface area (Å²) in [6.07, 6.45) is 0.787. The highest BCUT2D eigenvalue weighted by Gasteiger charge is 2.16. The molecular formula is C17H14FNO. The molecule has 0 saturated heterocycles. The van der Waals surface area contributed by atoms with Crippen molar-refractivity contribution in [2.75, 3.05) is 0 Å². The van der Waals surface area contributed by atoms with Gasteiger partial charge in [0.25, 0.3) is 0 Å². The fraction of sp³-hybridized carbons (Fsp3) is 0.118. The number of aldehydes is 1. The van der Waals surface area contributed by atoms with Gasteiger partial charge in [0.05, 0.1) is 5.69 Å². The third-order valence-electron chi connectivity index (χ3n) is 3.81. The molecule has 0 saturated carbocycles. The number of hydrogen-bond acceptors (Lipinski definition) is 1. The fourth-order valence-corrected chi connectivity index (χ4v) is 2.53. The van der Waals surface area contributed by atoms with E-state index in [2.05, 4.69) is 4.98 Å². The molecule has 3 aromatic rings. The van der Waals surface area contributed by atoms with E-state index in [0.29, 0.717) is 16.8 Å².